The topological polar surface area (TPSA) is 27.1 Å². The first kappa shape index (κ1) is 15.9. The molecule has 1 heterocycles. The molecule has 3 nitrogen and oxygen atoms in total. The summed E-state index contributed by atoms with van der Waals surface area (Å²) < 4.78 is 9.13. The van der Waals surface area contributed by atoms with Crippen molar-refractivity contribution in [3.05, 3.63) is 16.6 Å². The summed E-state index contributed by atoms with van der Waals surface area (Å²) in [6.07, 6.45) is 2.84. The molecule has 0 aliphatic rings. The van der Waals surface area contributed by atoms with Crippen molar-refractivity contribution in [2.24, 2.45) is 5.92 Å². The van der Waals surface area contributed by atoms with E-state index in [1.165, 1.54) is 0 Å². The Balaban J connectivity index is 2.69. The third-order valence-corrected chi connectivity index (χ3v) is 6.39. The lowest BCUT2D eigenvalue weighted by atomic mass is 10.1. The molecule has 0 saturated carbocycles. The van der Waals surface area contributed by atoms with Crippen LogP contribution in [0.4, 0.5) is 0 Å². The van der Waals surface area contributed by atoms with E-state index in [-0.39, 0.29) is 0 Å². The predicted octanol–water partition coefficient (Wildman–Crippen LogP) is 4.08. The minimum absolute atomic E-state index is 0.346. The summed E-state index contributed by atoms with van der Waals surface area (Å²) >= 11 is 3.54. The molecule has 0 aliphatic heterocycles. The first-order valence-corrected chi connectivity index (χ1v) is 10.9. The van der Waals surface area contributed by atoms with Gasteiger partial charge in [-0.1, -0.05) is 33.5 Å². The van der Waals surface area contributed by atoms with E-state index in [0.29, 0.717) is 18.4 Å². The zero-order valence-corrected chi connectivity index (χ0v) is 14.9. The minimum Gasteiger partial charge on any atom is -0.361 e. The molecule has 1 aromatic heterocycles. The van der Waals surface area contributed by atoms with Crippen LogP contribution in [0.3, 0.4) is 0 Å². The van der Waals surface area contributed by atoms with Gasteiger partial charge in [0.2, 0.25) is 0 Å². The van der Waals surface area contributed by atoms with Crippen LogP contribution in [-0.2, 0) is 17.9 Å². The highest BCUT2D eigenvalue weighted by Gasteiger charge is 2.23. The van der Waals surface area contributed by atoms with E-state index < -0.39 is 8.07 Å². The molecule has 0 aliphatic carbocycles. The molecule has 0 fully saturated rings. The molecule has 0 saturated heterocycles. The van der Waals surface area contributed by atoms with E-state index in [4.69, 9.17) is 4.74 Å². The molecule has 5 heteroatoms. The van der Waals surface area contributed by atoms with E-state index >= 15 is 0 Å². The van der Waals surface area contributed by atoms with Gasteiger partial charge in [-0.2, -0.15) is 0 Å². The van der Waals surface area contributed by atoms with Crippen LogP contribution in [-0.4, -0.2) is 23.4 Å². The molecule has 0 N–H and O–H groups in total. The number of hydrogen-bond acceptors (Lipinski definition) is 2. The summed E-state index contributed by atoms with van der Waals surface area (Å²) in [5.74, 6) is 1.70. The zero-order valence-electron chi connectivity index (χ0n) is 12.3. The van der Waals surface area contributed by atoms with Crippen LogP contribution in [0, 0.1) is 5.92 Å². The Morgan fingerprint density at radius 2 is 1.94 bits per heavy atom. The zero-order chi connectivity index (χ0) is 13.9. The first-order valence-electron chi connectivity index (χ1n) is 6.53. The molecule has 0 amide bonds. The van der Waals surface area contributed by atoms with Crippen LogP contribution < -0.4 is 0 Å². The quantitative estimate of drug-likeness (QED) is 0.734. The van der Waals surface area contributed by atoms with Crippen molar-refractivity contribution >= 4 is 24.0 Å². The van der Waals surface area contributed by atoms with Crippen molar-refractivity contribution in [2.75, 3.05) is 0 Å². The molecule has 1 unspecified atom stereocenters. The maximum Gasteiger partial charge on any atom is 0.125 e. The summed E-state index contributed by atoms with van der Waals surface area (Å²) in [4.78, 5) is 4.44. The normalized spacial score (nSPS) is 14.2. The maximum absolute atomic E-state index is 6.01. The lowest BCUT2D eigenvalue weighted by Crippen LogP contribution is -2.38. The van der Waals surface area contributed by atoms with E-state index in [9.17, 15) is 0 Å². The largest absolute Gasteiger partial charge is 0.361 e. The van der Waals surface area contributed by atoms with Crippen LogP contribution >= 0.6 is 15.9 Å². The molecule has 0 aromatic carbocycles. The van der Waals surface area contributed by atoms with Crippen molar-refractivity contribution in [1.29, 1.82) is 0 Å². The third-order valence-electron chi connectivity index (χ3n) is 3.15. The Kier molecular flexibility index (Phi) is 5.61. The van der Waals surface area contributed by atoms with Gasteiger partial charge in [0.1, 0.15) is 17.2 Å². The smallest absolute Gasteiger partial charge is 0.125 e. The van der Waals surface area contributed by atoms with Gasteiger partial charge in [-0.3, -0.25) is 4.57 Å². The molecule has 1 atom stereocenters. The van der Waals surface area contributed by atoms with Crippen molar-refractivity contribution in [3.63, 3.8) is 0 Å². The Morgan fingerprint density at radius 1 is 1.33 bits per heavy atom. The Hall–Kier alpha value is -0.133. The molecule has 1 aromatic rings. The highest BCUT2D eigenvalue weighted by molar-refractivity contribution is 9.10. The second kappa shape index (κ2) is 6.35. The van der Waals surface area contributed by atoms with Crippen LogP contribution in [0.25, 0.3) is 0 Å². The number of nitrogens with zero attached hydrogens (tertiary/aromatic N) is 2. The number of imidazole rings is 1. The number of rotatable bonds is 6. The first-order chi connectivity index (χ1) is 8.21. The Bertz CT molecular complexity index is 385. The van der Waals surface area contributed by atoms with Gasteiger partial charge in [-0.05, 0) is 28.8 Å². The maximum atomic E-state index is 6.01. The number of ether oxygens (including phenoxy) is 1. The molecular weight excluding hydrogens is 308 g/mol. The molecule has 0 bridgehead atoms. The second-order valence-corrected chi connectivity index (χ2v) is 12.7. The molecular formula is C13H25BrN2OSi. The molecule has 0 spiro atoms. The Labute approximate surface area is 120 Å². The van der Waals surface area contributed by atoms with Gasteiger partial charge in [0.15, 0.2) is 0 Å². The van der Waals surface area contributed by atoms with Crippen LogP contribution in [0.5, 0.6) is 0 Å². The summed E-state index contributed by atoms with van der Waals surface area (Å²) in [6, 6.07) is 0. The highest BCUT2D eigenvalue weighted by atomic mass is 79.9. The van der Waals surface area contributed by atoms with Gasteiger partial charge in [0.25, 0.3) is 0 Å². The number of aromatic nitrogens is 2. The fourth-order valence-corrected chi connectivity index (χ4v) is 2.47. The third kappa shape index (κ3) is 4.52. The Morgan fingerprint density at radius 3 is 2.44 bits per heavy atom. The molecule has 0 radical (unpaired) electrons. The lowest BCUT2D eigenvalue weighted by Gasteiger charge is -2.26. The van der Waals surface area contributed by atoms with Gasteiger partial charge < -0.3 is 4.74 Å². The van der Waals surface area contributed by atoms with Gasteiger partial charge in [0, 0.05) is 12.1 Å². The summed E-state index contributed by atoms with van der Waals surface area (Å²) in [7, 11) is -1.23. The van der Waals surface area contributed by atoms with Crippen molar-refractivity contribution in [3.8, 4) is 0 Å². The second-order valence-electron chi connectivity index (χ2n) is 6.33. The minimum atomic E-state index is -1.23. The monoisotopic (exact) mass is 332 g/mol. The van der Waals surface area contributed by atoms with Crippen molar-refractivity contribution in [1.82, 2.24) is 9.55 Å². The fraction of sp³-hybridized carbons (Fsp3) is 0.769. The van der Waals surface area contributed by atoms with Crippen LogP contribution in [0.1, 0.15) is 26.6 Å². The van der Waals surface area contributed by atoms with Gasteiger partial charge >= 0.3 is 0 Å². The van der Waals surface area contributed by atoms with Crippen LogP contribution in [0.2, 0.25) is 19.6 Å². The van der Waals surface area contributed by atoms with Crippen molar-refractivity contribution in [2.45, 2.75) is 59.3 Å². The predicted molar refractivity (Wildman–Crippen MR) is 82.4 cm³/mol. The highest BCUT2D eigenvalue weighted by Crippen LogP contribution is 2.18. The van der Waals surface area contributed by atoms with Gasteiger partial charge in [-0.15, -0.1) is 0 Å². The average molecular weight is 333 g/mol. The lowest BCUT2D eigenvalue weighted by molar-refractivity contribution is 0.0533. The van der Waals surface area contributed by atoms with E-state index in [2.05, 4.69) is 65.9 Å². The van der Waals surface area contributed by atoms with Crippen molar-refractivity contribution < 1.29 is 4.74 Å². The van der Waals surface area contributed by atoms with Gasteiger partial charge in [0.05, 0.1) is 14.3 Å². The van der Waals surface area contributed by atoms with E-state index in [0.717, 1.165) is 16.8 Å². The SMILES string of the molecule is CC(C)Cc1ncc(Br)n1COC(C)[Si](C)(C)C. The fourth-order valence-electron chi connectivity index (χ4n) is 1.49. The number of hydrogen-bond donors (Lipinski definition) is 0. The van der Waals surface area contributed by atoms with Crippen LogP contribution in [0.15, 0.2) is 10.8 Å². The standard InChI is InChI=1S/C13H25BrN2OSi/c1-10(2)7-13-15-8-12(14)16(13)9-17-11(3)18(4,5)6/h8,10-11H,7,9H2,1-6H3. The molecule has 1 rings (SSSR count). The van der Waals surface area contributed by atoms with Gasteiger partial charge in [-0.25, -0.2) is 4.98 Å². The summed E-state index contributed by atoms with van der Waals surface area (Å²) in [5.41, 5.74) is 0.346. The van der Waals surface area contributed by atoms with E-state index in [1.807, 2.05) is 6.20 Å². The average Bonchev–Trinajstić information content (AvgIpc) is 2.54. The molecule has 18 heavy (non-hydrogen) atoms. The number of halogens is 1. The summed E-state index contributed by atoms with van der Waals surface area (Å²) in [6.45, 7) is 14.2. The van der Waals surface area contributed by atoms with E-state index in [1.54, 1.807) is 0 Å². The molecule has 104 valence electrons. The summed E-state index contributed by atoms with van der Waals surface area (Å²) in [5, 5.41) is 0.